The minimum absolute atomic E-state index is 0.0350. The second-order valence-electron chi connectivity index (χ2n) is 4.29. The Kier molecular flexibility index (Phi) is 2.74. The summed E-state index contributed by atoms with van der Waals surface area (Å²) < 4.78 is 18.4. The van der Waals surface area contributed by atoms with Crippen molar-refractivity contribution in [3.8, 4) is 0 Å². The van der Waals surface area contributed by atoms with E-state index < -0.39 is 17.2 Å². The fraction of sp³-hybridized carbons (Fsp3) is 0.250. The molecule has 0 spiro atoms. The van der Waals surface area contributed by atoms with Crippen LogP contribution in [0.1, 0.15) is 23.2 Å². The van der Waals surface area contributed by atoms with Gasteiger partial charge < -0.3 is 9.72 Å². The fourth-order valence-corrected chi connectivity index (χ4v) is 1.79. The second kappa shape index (κ2) is 4.31. The molecule has 3 rings (SSSR count). The summed E-state index contributed by atoms with van der Waals surface area (Å²) in [6, 6.07) is 0.956. The van der Waals surface area contributed by atoms with E-state index in [0.29, 0.717) is 0 Å². The Morgan fingerprint density at radius 3 is 2.95 bits per heavy atom. The fourth-order valence-electron chi connectivity index (χ4n) is 1.65. The van der Waals surface area contributed by atoms with Crippen LogP contribution in [0.5, 0.6) is 0 Å². The maximum Gasteiger partial charge on any atom is 0.343 e. The van der Waals surface area contributed by atoms with E-state index in [2.05, 4.69) is 9.97 Å². The summed E-state index contributed by atoms with van der Waals surface area (Å²) in [5, 5.41) is -0.372. The van der Waals surface area contributed by atoms with Crippen LogP contribution in [-0.4, -0.2) is 22.0 Å². The van der Waals surface area contributed by atoms with E-state index in [1.807, 2.05) is 0 Å². The quantitative estimate of drug-likeness (QED) is 0.676. The van der Waals surface area contributed by atoms with Crippen molar-refractivity contribution < 1.29 is 13.9 Å². The molecule has 7 heteroatoms. The van der Waals surface area contributed by atoms with Crippen molar-refractivity contribution in [1.29, 1.82) is 0 Å². The van der Waals surface area contributed by atoms with Gasteiger partial charge in [-0.15, -0.1) is 0 Å². The van der Waals surface area contributed by atoms with E-state index in [-0.39, 0.29) is 27.9 Å². The van der Waals surface area contributed by atoms with Crippen molar-refractivity contribution >= 4 is 28.6 Å². The number of pyridine rings is 2. The number of ether oxygens (including phenoxy) is 1. The van der Waals surface area contributed by atoms with Crippen LogP contribution in [-0.2, 0) is 4.74 Å². The van der Waals surface area contributed by atoms with Crippen LogP contribution in [0.3, 0.4) is 0 Å². The third-order valence-corrected chi connectivity index (χ3v) is 3.06. The normalized spacial score (nSPS) is 14.6. The van der Waals surface area contributed by atoms with Crippen LogP contribution >= 0.6 is 11.6 Å². The first-order valence-corrected chi connectivity index (χ1v) is 6.02. The maximum absolute atomic E-state index is 13.3. The molecule has 19 heavy (non-hydrogen) atoms. The van der Waals surface area contributed by atoms with Gasteiger partial charge in [-0.25, -0.2) is 14.2 Å². The molecule has 0 aromatic carbocycles. The van der Waals surface area contributed by atoms with E-state index in [1.165, 1.54) is 6.20 Å². The Bertz CT molecular complexity index is 740. The molecule has 0 aliphatic heterocycles. The Hall–Kier alpha value is -1.95. The molecule has 0 atom stereocenters. The van der Waals surface area contributed by atoms with Crippen molar-refractivity contribution in [2.45, 2.75) is 18.9 Å². The molecule has 2 heterocycles. The topological polar surface area (TPSA) is 72.1 Å². The number of carbonyl (C=O) groups excluding carboxylic acids is 1. The highest BCUT2D eigenvalue weighted by molar-refractivity contribution is 6.29. The van der Waals surface area contributed by atoms with Gasteiger partial charge in [0, 0.05) is 6.20 Å². The highest BCUT2D eigenvalue weighted by Crippen LogP contribution is 2.24. The van der Waals surface area contributed by atoms with E-state index in [1.54, 1.807) is 0 Å². The highest BCUT2D eigenvalue weighted by Gasteiger charge is 2.28. The number of halogens is 2. The standard InChI is InChI=1S/C12H8ClFN2O3/c13-10-8(14)3-6-9(17)7(4-15-11(6)16-10)12(18)19-5-1-2-5/h3-5H,1-2H2,(H,15,16,17). The number of nitrogens with zero attached hydrogens (tertiary/aromatic N) is 1. The molecule has 98 valence electrons. The molecule has 0 bridgehead atoms. The summed E-state index contributed by atoms with van der Waals surface area (Å²) in [6.07, 6.45) is 2.71. The zero-order valence-corrected chi connectivity index (χ0v) is 10.3. The largest absolute Gasteiger partial charge is 0.459 e. The predicted molar refractivity (Wildman–Crippen MR) is 65.8 cm³/mol. The smallest absolute Gasteiger partial charge is 0.343 e. The molecule has 1 saturated carbocycles. The summed E-state index contributed by atoms with van der Waals surface area (Å²) in [4.78, 5) is 30.1. The number of nitrogens with one attached hydrogen (secondary N) is 1. The molecule has 0 amide bonds. The van der Waals surface area contributed by atoms with Gasteiger partial charge in [0.15, 0.2) is 11.0 Å². The van der Waals surface area contributed by atoms with E-state index in [4.69, 9.17) is 16.3 Å². The van der Waals surface area contributed by atoms with Crippen LogP contribution < -0.4 is 5.43 Å². The zero-order valence-electron chi connectivity index (χ0n) is 9.57. The van der Waals surface area contributed by atoms with Gasteiger partial charge in [-0.3, -0.25) is 4.79 Å². The zero-order chi connectivity index (χ0) is 13.6. The van der Waals surface area contributed by atoms with E-state index in [0.717, 1.165) is 18.9 Å². The molecule has 1 aliphatic rings. The first-order valence-electron chi connectivity index (χ1n) is 5.64. The molecule has 1 fully saturated rings. The van der Waals surface area contributed by atoms with Gasteiger partial charge in [0.25, 0.3) is 0 Å². The lowest BCUT2D eigenvalue weighted by Gasteiger charge is -2.04. The molecule has 5 nitrogen and oxygen atoms in total. The Morgan fingerprint density at radius 2 is 2.26 bits per heavy atom. The molecule has 2 aromatic heterocycles. The van der Waals surface area contributed by atoms with Gasteiger partial charge in [-0.2, -0.15) is 0 Å². The third-order valence-electron chi connectivity index (χ3n) is 2.79. The van der Waals surface area contributed by atoms with Crippen molar-refractivity contribution in [3.05, 3.63) is 39.0 Å². The molecule has 1 aliphatic carbocycles. The molecule has 0 radical (unpaired) electrons. The van der Waals surface area contributed by atoms with Crippen LogP contribution in [0.15, 0.2) is 17.1 Å². The van der Waals surface area contributed by atoms with E-state index in [9.17, 15) is 14.0 Å². The van der Waals surface area contributed by atoms with Crippen LogP contribution in [0, 0.1) is 5.82 Å². The summed E-state index contributed by atoms with van der Waals surface area (Å²) in [5.74, 6) is -1.52. The number of fused-ring (bicyclic) bond motifs is 1. The number of hydrogen-bond acceptors (Lipinski definition) is 4. The molecule has 2 aromatic rings. The van der Waals surface area contributed by atoms with Crippen molar-refractivity contribution in [2.75, 3.05) is 0 Å². The van der Waals surface area contributed by atoms with Gasteiger partial charge in [0.05, 0.1) is 5.39 Å². The minimum Gasteiger partial charge on any atom is -0.459 e. The first-order chi connectivity index (χ1) is 9.06. The third kappa shape index (κ3) is 2.19. The first kappa shape index (κ1) is 12.1. The Balaban J connectivity index is 2.11. The number of esters is 1. The van der Waals surface area contributed by atoms with Crippen LogP contribution in [0.25, 0.3) is 11.0 Å². The van der Waals surface area contributed by atoms with E-state index >= 15 is 0 Å². The van der Waals surface area contributed by atoms with Gasteiger partial charge >= 0.3 is 5.97 Å². The lowest BCUT2D eigenvalue weighted by Crippen LogP contribution is -2.19. The van der Waals surface area contributed by atoms with Gasteiger partial charge in [0.1, 0.15) is 17.3 Å². The lowest BCUT2D eigenvalue weighted by molar-refractivity contribution is 0.0470. The SMILES string of the molecule is O=C(OC1CC1)c1c[nH]c2nc(Cl)c(F)cc2c1=O. The van der Waals surface area contributed by atoms with Crippen molar-refractivity contribution in [3.63, 3.8) is 0 Å². The van der Waals surface area contributed by atoms with Gasteiger partial charge in [-0.05, 0) is 18.9 Å². The Labute approximate surface area is 111 Å². The van der Waals surface area contributed by atoms with Gasteiger partial charge in [-0.1, -0.05) is 11.6 Å². The molecule has 0 unspecified atom stereocenters. The predicted octanol–water partition coefficient (Wildman–Crippen LogP) is 2.03. The maximum atomic E-state index is 13.3. The Morgan fingerprint density at radius 1 is 1.53 bits per heavy atom. The number of H-pyrrole nitrogens is 1. The van der Waals surface area contributed by atoms with Crippen molar-refractivity contribution in [2.24, 2.45) is 0 Å². The van der Waals surface area contributed by atoms with Crippen LogP contribution in [0.4, 0.5) is 4.39 Å². The number of rotatable bonds is 2. The molecular formula is C12H8ClFN2O3. The average Bonchev–Trinajstić information content (AvgIpc) is 3.16. The monoisotopic (exact) mass is 282 g/mol. The average molecular weight is 283 g/mol. The summed E-state index contributed by atoms with van der Waals surface area (Å²) in [7, 11) is 0. The number of hydrogen-bond donors (Lipinski definition) is 1. The molecule has 0 saturated heterocycles. The second-order valence-corrected chi connectivity index (χ2v) is 4.65. The lowest BCUT2D eigenvalue weighted by atomic mass is 10.2. The molecule has 1 N–H and O–H groups in total. The molecular weight excluding hydrogens is 275 g/mol. The highest BCUT2D eigenvalue weighted by atomic mass is 35.5. The summed E-state index contributed by atoms with van der Waals surface area (Å²) in [5.41, 5.74) is -0.662. The van der Waals surface area contributed by atoms with Crippen LogP contribution in [0.2, 0.25) is 5.15 Å². The minimum atomic E-state index is -0.813. The number of carbonyl (C=O) groups is 1. The summed E-state index contributed by atoms with van der Waals surface area (Å²) in [6.45, 7) is 0. The number of aromatic nitrogens is 2. The summed E-state index contributed by atoms with van der Waals surface area (Å²) >= 11 is 5.52. The number of aromatic amines is 1. The van der Waals surface area contributed by atoms with Gasteiger partial charge in [0.2, 0.25) is 5.43 Å². The van der Waals surface area contributed by atoms with Crippen molar-refractivity contribution in [1.82, 2.24) is 9.97 Å².